The van der Waals surface area contributed by atoms with Crippen LogP contribution in [0.3, 0.4) is 0 Å². The molecule has 0 radical (unpaired) electrons. The molecule has 0 aliphatic rings. The predicted molar refractivity (Wildman–Crippen MR) is 29.0 cm³/mol. The zero-order chi connectivity index (χ0) is 10.2. The van der Waals surface area contributed by atoms with E-state index in [1.165, 1.54) is 0 Å². The number of hydrogen-bond acceptors (Lipinski definition) is 2. The maximum absolute atomic E-state index is 11.8. The molecule has 0 atom stereocenters. The van der Waals surface area contributed by atoms with Gasteiger partial charge in [-0.05, 0) is 0 Å². The van der Waals surface area contributed by atoms with Crippen molar-refractivity contribution in [3.63, 3.8) is 0 Å². The van der Waals surface area contributed by atoms with Crippen LogP contribution >= 0.6 is 0 Å². The highest BCUT2D eigenvalue weighted by Gasteiger charge is 2.59. The van der Waals surface area contributed by atoms with Gasteiger partial charge in [0, 0.05) is 0 Å². The monoisotopic (exact) mass is 213 g/mol. The molecule has 1 N–H and O–H groups in total. The SMILES string of the molecule is CS(=O)(=O)NC(F)(F)C(F)(F)F. The lowest BCUT2D eigenvalue weighted by Gasteiger charge is -2.18. The molecule has 0 saturated heterocycles. The van der Waals surface area contributed by atoms with Crippen molar-refractivity contribution < 1.29 is 30.4 Å². The summed E-state index contributed by atoms with van der Waals surface area (Å²) in [6, 6.07) is -5.42. The zero-order valence-corrected chi connectivity index (χ0v) is 6.43. The van der Waals surface area contributed by atoms with Gasteiger partial charge in [0.25, 0.3) is 0 Å². The molecule has 0 aromatic carbocycles. The minimum atomic E-state index is -5.92. The maximum Gasteiger partial charge on any atom is 0.470 e. The van der Waals surface area contributed by atoms with E-state index in [9.17, 15) is 30.4 Å². The van der Waals surface area contributed by atoms with Crippen molar-refractivity contribution in [2.75, 3.05) is 6.26 Å². The van der Waals surface area contributed by atoms with Gasteiger partial charge >= 0.3 is 12.2 Å². The number of halogens is 5. The minimum Gasteiger partial charge on any atom is -0.213 e. The molecule has 0 unspecified atom stereocenters. The van der Waals surface area contributed by atoms with Crippen LogP contribution in [0.5, 0.6) is 0 Å². The molecule has 0 aliphatic heterocycles. The van der Waals surface area contributed by atoms with E-state index in [0.717, 1.165) is 0 Å². The molecule has 0 bridgehead atoms. The fourth-order valence-corrected chi connectivity index (χ4v) is 0.872. The number of hydrogen-bond donors (Lipinski definition) is 1. The van der Waals surface area contributed by atoms with E-state index in [0.29, 0.717) is 0 Å². The molecule has 0 aliphatic carbocycles. The van der Waals surface area contributed by atoms with E-state index >= 15 is 0 Å². The Morgan fingerprint density at radius 1 is 1.08 bits per heavy atom. The normalized spacial score (nSPS) is 14.8. The molecule has 74 valence electrons. The molecule has 0 amide bonds. The lowest BCUT2D eigenvalue weighted by Crippen LogP contribution is -2.51. The van der Waals surface area contributed by atoms with Crippen LogP contribution in [0, 0.1) is 0 Å². The number of alkyl halides is 5. The third kappa shape index (κ3) is 3.30. The van der Waals surface area contributed by atoms with Crippen molar-refractivity contribution in [1.29, 1.82) is 0 Å². The zero-order valence-electron chi connectivity index (χ0n) is 5.61. The summed E-state index contributed by atoms with van der Waals surface area (Å²) in [5, 5.41) is 0. The molecular weight excluding hydrogens is 209 g/mol. The molecule has 0 heterocycles. The second-order valence-electron chi connectivity index (χ2n) is 1.95. The summed E-state index contributed by atoms with van der Waals surface area (Å²) >= 11 is 0. The quantitative estimate of drug-likeness (QED) is 0.541. The molecule has 0 spiro atoms. The Kier molecular flexibility index (Phi) is 2.70. The average molecular weight is 213 g/mol. The van der Waals surface area contributed by atoms with Crippen molar-refractivity contribution in [1.82, 2.24) is 4.72 Å². The van der Waals surface area contributed by atoms with Crippen molar-refractivity contribution in [2.45, 2.75) is 12.2 Å². The standard InChI is InChI=1S/C3H4F5NO2S/c1-12(10,11)9-3(7,8)2(4,5)6/h9H,1H3. The second kappa shape index (κ2) is 2.80. The molecule has 12 heavy (non-hydrogen) atoms. The Morgan fingerprint density at radius 2 is 1.42 bits per heavy atom. The molecule has 0 aromatic heterocycles. The Bertz CT molecular complexity index is 254. The Balaban J connectivity index is 4.67. The van der Waals surface area contributed by atoms with E-state index in [2.05, 4.69) is 0 Å². The summed E-state index contributed by atoms with van der Waals surface area (Å²) in [5.41, 5.74) is 0. The molecular formula is C3H4F5NO2S. The van der Waals surface area contributed by atoms with E-state index in [4.69, 9.17) is 0 Å². The molecule has 0 fully saturated rings. The molecule has 0 saturated carbocycles. The maximum atomic E-state index is 11.8. The van der Waals surface area contributed by atoms with Crippen LogP contribution < -0.4 is 4.72 Å². The third-order valence-corrected chi connectivity index (χ3v) is 1.30. The van der Waals surface area contributed by atoms with Gasteiger partial charge in [-0.15, -0.1) is 4.72 Å². The third-order valence-electron chi connectivity index (χ3n) is 0.670. The predicted octanol–water partition coefficient (Wildman–Crippen LogP) is 0.691. The lowest BCUT2D eigenvalue weighted by atomic mass is 10.6. The summed E-state index contributed by atoms with van der Waals surface area (Å²) in [4.78, 5) is 0. The summed E-state index contributed by atoms with van der Waals surface area (Å²) in [6.45, 7) is 0. The smallest absolute Gasteiger partial charge is 0.213 e. The molecule has 3 nitrogen and oxygen atoms in total. The van der Waals surface area contributed by atoms with Crippen LogP contribution in [0.4, 0.5) is 22.0 Å². The Morgan fingerprint density at radius 3 is 1.50 bits per heavy atom. The first-order chi connectivity index (χ1) is 4.96. The first-order valence-electron chi connectivity index (χ1n) is 2.39. The number of nitrogens with one attached hydrogen (secondary N) is 1. The average Bonchev–Trinajstić information content (AvgIpc) is 1.52. The minimum absolute atomic E-state index is 0.149. The lowest BCUT2D eigenvalue weighted by molar-refractivity contribution is -0.286. The van der Waals surface area contributed by atoms with Gasteiger partial charge in [-0.2, -0.15) is 22.0 Å². The summed E-state index contributed by atoms with van der Waals surface area (Å²) in [5.74, 6) is 0. The Labute approximate surface area is 64.6 Å². The fourth-order valence-electron chi connectivity index (χ4n) is 0.291. The molecule has 9 heteroatoms. The first kappa shape index (κ1) is 11.6. The van der Waals surface area contributed by atoms with Gasteiger partial charge in [0.05, 0.1) is 6.26 Å². The van der Waals surface area contributed by atoms with Crippen molar-refractivity contribution in [2.24, 2.45) is 0 Å². The highest BCUT2D eigenvalue weighted by molar-refractivity contribution is 7.88. The highest BCUT2D eigenvalue weighted by atomic mass is 32.2. The van der Waals surface area contributed by atoms with E-state index in [1.807, 2.05) is 0 Å². The number of sulfonamides is 1. The first-order valence-corrected chi connectivity index (χ1v) is 4.28. The van der Waals surface area contributed by atoms with Crippen LogP contribution in [0.15, 0.2) is 0 Å². The van der Waals surface area contributed by atoms with Crippen LogP contribution in [-0.4, -0.2) is 26.9 Å². The van der Waals surface area contributed by atoms with Gasteiger partial charge in [0.2, 0.25) is 10.0 Å². The van der Waals surface area contributed by atoms with Crippen LogP contribution in [-0.2, 0) is 10.0 Å². The van der Waals surface area contributed by atoms with E-state index < -0.39 is 22.2 Å². The van der Waals surface area contributed by atoms with Crippen molar-refractivity contribution >= 4 is 10.0 Å². The van der Waals surface area contributed by atoms with Gasteiger partial charge in [-0.1, -0.05) is 0 Å². The summed E-state index contributed by atoms with van der Waals surface area (Å²) < 4.78 is 77.6. The highest BCUT2D eigenvalue weighted by Crippen LogP contribution is 2.33. The largest absolute Gasteiger partial charge is 0.470 e. The van der Waals surface area contributed by atoms with Gasteiger partial charge in [-0.3, -0.25) is 0 Å². The topological polar surface area (TPSA) is 46.2 Å². The van der Waals surface area contributed by atoms with Crippen LogP contribution in [0.1, 0.15) is 0 Å². The molecule has 0 rings (SSSR count). The van der Waals surface area contributed by atoms with Gasteiger partial charge in [0.1, 0.15) is 0 Å². The van der Waals surface area contributed by atoms with E-state index in [-0.39, 0.29) is 11.0 Å². The van der Waals surface area contributed by atoms with Crippen molar-refractivity contribution in [3.05, 3.63) is 0 Å². The summed E-state index contributed by atoms with van der Waals surface area (Å²) in [7, 11) is -4.58. The fraction of sp³-hybridized carbons (Fsp3) is 1.00. The number of rotatable bonds is 2. The van der Waals surface area contributed by atoms with Crippen LogP contribution in [0.2, 0.25) is 0 Å². The van der Waals surface area contributed by atoms with Gasteiger partial charge in [-0.25, -0.2) is 8.42 Å². The van der Waals surface area contributed by atoms with E-state index in [1.54, 1.807) is 0 Å². The van der Waals surface area contributed by atoms with Crippen LogP contribution in [0.25, 0.3) is 0 Å². The Hall–Kier alpha value is -0.440. The van der Waals surface area contributed by atoms with Gasteiger partial charge < -0.3 is 0 Å². The molecule has 0 aromatic rings. The van der Waals surface area contributed by atoms with Crippen molar-refractivity contribution in [3.8, 4) is 0 Å². The summed E-state index contributed by atoms with van der Waals surface area (Å²) in [6.07, 6.45) is -5.72. The van der Waals surface area contributed by atoms with Gasteiger partial charge in [0.15, 0.2) is 0 Å². The second-order valence-corrected chi connectivity index (χ2v) is 3.69.